The summed E-state index contributed by atoms with van der Waals surface area (Å²) in [5, 5.41) is 18.5. The van der Waals surface area contributed by atoms with E-state index in [9.17, 15) is 22.8 Å². The predicted molar refractivity (Wildman–Crippen MR) is 70.4 cm³/mol. The highest BCUT2D eigenvalue weighted by molar-refractivity contribution is 7.15. The van der Waals surface area contributed by atoms with Crippen molar-refractivity contribution < 1.29 is 27.9 Å². The first kappa shape index (κ1) is 16.5. The van der Waals surface area contributed by atoms with Crippen molar-refractivity contribution in [3.8, 4) is 0 Å². The van der Waals surface area contributed by atoms with Gasteiger partial charge in [0.15, 0.2) is 0 Å². The average molecular weight is 338 g/mol. The molecule has 1 heterocycles. The Kier molecular flexibility index (Phi) is 4.84. The van der Waals surface area contributed by atoms with Gasteiger partial charge in [0.2, 0.25) is 10.1 Å². The number of hydrogen-bond acceptors (Lipinski definition) is 5. The molecule has 22 heavy (non-hydrogen) atoms. The lowest BCUT2D eigenvalue weighted by molar-refractivity contribution is -0.143. The Balaban J connectivity index is 1.81. The van der Waals surface area contributed by atoms with Gasteiger partial charge in [0.1, 0.15) is 0 Å². The van der Waals surface area contributed by atoms with Gasteiger partial charge in [-0.1, -0.05) is 11.3 Å². The lowest BCUT2D eigenvalue weighted by Gasteiger charge is -2.26. The molecule has 1 aromatic heterocycles. The molecule has 11 heteroatoms. The number of rotatable bonds is 3. The number of amides is 2. The van der Waals surface area contributed by atoms with Crippen LogP contribution in [0.3, 0.4) is 0 Å². The Bertz CT molecular complexity index is 555. The first-order valence-electron chi connectivity index (χ1n) is 6.46. The van der Waals surface area contributed by atoms with Crippen LogP contribution in [0.15, 0.2) is 0 Å². The maximum atomic E-state index is 12.3. The van der Waals surface area contributed by atoms with E-state index in [-0.39, 0.29) is 22.5 Å². The SMILES string of the molecule is O=C(Nc1nnc(C(F)(F)F)s1)NC1CCC(C(=O)O)CC1. The zero-order chi connectivity index (χ0) is 16.3. The second-order valence-corrected chi connectivity index (χ2v) is 5.87. The van der Waals surface area contributed by atoms with E-state index in [0.29, 0.717) is 25.7 Å². The van der Waals surface area contributed by atoms with E-state index in [1.807, 2.05) is 0 Å². The summed E-state index contributed by atoms with van der Waals surface area (Å²) in [5.74, 6) is -1.25. The summed E-state index contributed by atoms with van der Waals surface area (Å²) in [7, 11) is 0. The summed E-state index contributed by atoms with van der Waals surface area (Å²) in [6.07, 6.45) is -2.67. The Morgan fingerprint density at radius 2 is 1.82 bits per heavy atom. The number of alkyl halides is 3. The van der Waals surface area contributed by atoms with Crippen LogP contribution >= 0.6 is 11.3 Å². The van der Waals surface area contributed by atoms with Gasteiger partial charge in [-0.15, -0.1) is 10.2 Å². The maximum absolute atomic E-state index is 12.3. The van der Waals surface area contributed by atoms with E-state index in [2.05, 4.69) is 20.8 Å². The normalized spacial score (nSPS) is 22.1. The van der Waals surface area contributed by atoms with Crippen molar-refractivity contribution in [1.29, 1.82) is 0 Å². The Labute approximate surface area is 126 Å². The third kappa shape index (κ3) is 4.29. The number of urea groups is 1. The van der Waals surface area contributed by atoms with Crippen molar-refractivity contribution in [2.24, 2.45) is 5.92 Å². The molecule has 0 spiro atoms. The van der Waals surface area contributed by atoms with Crippen LogP contribution in [0.4, 0.5) is 23.1 Å². The van der Waals surface area contributed by atoms with Gasteiger partial charge in [0, 0.05) is 6.04 Å². The van der Waals surface area contributed by atoms with Crippen LogP contribution in [-0.2, 0) is 11.0 Å². The molecule has 0 aliphatic heterocycles. The Morgan fingerprint density at radius 3 is 2.32 bits per heavy atom. The van der Waals surface area contributed by atoms with Gasteiger partial charge in [-0.2, -0.15) is 13.2 Å². The van der Waals surface area contributed by atoms with Gasteiger partial charge >= 0.3 is 18.2 Å². The van der Waals surface area contributed by atoms with E-state index < -0.39 is 29.1 Å². The predicted octanol–water partition coefficient (Wildman–Crippen LogP) is 2.32. The topological polar surface area (TPSA) is 104 Å². The molecule has 1 saturated carbocycles. The van der Waals surface area contributed by atoms with Crippen molar-refractivity contribution in [2.75, 3.05) is 5.32 Å². The number of nitrogens with zero attached hydrogens (tertiary/aromatic N) is 2. The number of anilines is 1. The van der Waals surface area contributed by atoms with E-state index in [1.54, 1.807) is 0 Å². The molecule has 0 bridgehead atoms. The molecule has 0 radical (unpaired) electrons. The Hall–Kier alpha value is -1.91. The summed E-state index contributed by atoms with van der Waals surface area (Å²) in [4.78, 5) is 22.5. The highest BCUT2D eigenvalue weighted by atomic mass is 32.1. The largest absolute Gasteiger partial charge is 0.481 e. The number of carboxylic acid groups (broad SMARTS) is 1. The second-order valence-electron chi connectivity index (χ2n) is 4.90. The third-order valence-corrected chi connectivity index (χ3v) is 4.18. The molecule has 0 aromatic carbocycles. The molecule has 1 aliphatic carbocycles. The number of carbonyl (C=O) groups excluding carboxylic acids is 1. The van der Waals surface area contributed by atoms with Gasteiger partial charge in [-0.25, -0.2) is 4.79 Å². The lowest BCUT2D eigenvalue weighted by atomic mass is 9.86. The van der Waals surface area contributed by atoms with Gasteiger partial charge in [-0.3, -0.25) is 10.1 Å². The smallest absolute Gasteiger partial charge is 0.445 e. The molecular formula is C11H13F3N4O3S. The van der Waals surface area contributed by atoms with Gasteiger partial charge < -0.3 is 10.4 Å². The number of aromatic nitrogens is 2. The minimum atomic E-state index is -4.59. The van der Waals surface area contributed by atoms with E-state index in [1.165, 1.54) is 0 Å². The second kappa shape index (κ2) is 6.46. The van der Waals surface area contributed by atoms with Crippen molar-refractivity contribution >= 4 is 28.5 Å². The molecule has 0 atom stereocenters. The highest BCUT2D eigenvalue weighted by Gasteiger charge is 2.36. The fourth-order valence-corrected chi connectivity index (χ4v) is 2.80. The summed E-state index contributed by atoms with van der Waals surface area (Å²) in [6.45, 7) is 0. The highest BCUT2D eigenvalue weighted by Crippen LogP contribution is 2.33. The fraction of sp³-hybridized carbons (Fsp3) is 0.636. The van der Waals surface area contributed by atoms with Crippen LogP contribution in [0.1, 0.15) is 30.7 Å². The molecular weight excluding hydrogens is 325 g/mol. The molecule has 1 fully saturated rings. The summed E-state index contributed by atoms with van der Waals surface area (Å²) in [6, 6.07) is -0.880. The quantitative estimate of drug-likeness (QED) is 0.784. The number of nitrogens with one attached hydrogen (secondary N) is 2. The van der Waals surface area contributed by atoms with Crippen molar-refractivity contribution in [3.05, 3.63) is 5.01 Å². The van der Waals surface area contributed by atoms with Crippen LogP contribution in [0.5, 0.6) is 0 Å². The zero-order valence-electron chi connectivity index (χ0n) is 11.2. The molecule has 1 aliphatic rings. The van der Waals surface area contributed by atoms with Crippen LogP contribution in [0.2, 0.25) is 0 Å². The monoisotopic (exact) mass is 338 g/mol. The molecule has 1 aromatic rings. The van der Waals surface area contributed by atoms with E-state index >= 15 is 0 Å². The average Bonchev–Trinajstić information content (AvgIpc) is 2.87. The van der Waals surface area contributed by atoms with Crippen LogP contribution < -0.4 is 10.6 Å². The zero-order valence-corrected chi connectivity index (χ0v) is 12.0. The minimum Gasteiger partial charge on any atom is -0.481 e. The van der Waals surface area contributed by atoms with E-state index in [4.69, 9.17) is 5.11 Å². The van der Waals surface area contributed by atoms with Crippen LogP contribution in [0, 0.1) is 5.92 Å². The molecule has 7 nitrogen and oxygen atoms in total. The fourth-order valence-electron chi connectivity index (χ4n) is 2.19. The van der Waals surface area contributed by atoms with Gasteiger partial charge in [0.05, 0.1) is 5.92 Å². The summed E-state index contributed by atoms with van der Waals surface area (Å²) < 4.78 is 37.0. The first-order valence-corrected chi connectivity index (χ1v) is 7.28. The molecule has 0 unspecified atom stereocenters. The first-order chi connectivity index (χ1) is 10.3. The minimum absolute atomic E-state index is 0.203. The number of carboxylic acids is 1. The van der Waals surface area contributed by atoms with E-state index in [0.717, 1.165) is 0 Å². The molecule has 3 N–H and O–H groups in total. The Morgan fingerprint density at radius 1 is 1.18 bits per heavy atom. The van der Waals surface area contributed by atoms with Crippen molar-refractivity contribution in [3.63, 3.8) is 0 Å². The summed E-state index contributed by atoms with van der Waals surface area (Å²) in [5.41, 5.74) is 0. The number of hydrogen-bond donors (Lipinski definition) is 3. The number of carbonyl (C=O) groups is 2. The molecule has 0 saturated heterocycles. The molecule has 2 rings (SSSR count). The van der Waals surface area contributed by atoms with Gasteiger partial charge in [-0.05, 0) is 25.7 Å². The number of halogens is 3. The maximum Gasteiger partial charge on any atom is 0.445 e. The van der Waals surface area contributed by atoms with Crippen LogP contribution in [-0.4, -0.2) is 33.3 Å². The van der Waals surface area contributed by atoms with Crippen molar-refractivity contribution in [2.45, 2.75) is 37.9 Å². The standard InChI is InChI=1S/C11H13F3N4O3S/c12-11(13,14)8-17-18-10(22-8)16-9(21)15-6-3-1-5(2-4-6)7(19)20/h5-6H,1-4H2,(H,19,20)(H2,15,16,18,21). The molecule has 122 valence electrons. The van der Waals surface area contributed by atoms with Gasteiger partial charge in [0.25, 0.3) is 0 Å². The van der Waals surface area contributed by atoms with Crippen molar-refractivity contribution in [1.82, 2.24) is 15.5 Å². The summed E-state index contributed by atoms with van der Waals surface area (Å²) >= 11 is 0.238. The third-order valence-electron chi connectivity index (χ3n) is 3.30. The lowest BCUT2D eigenvalue weighted by Crippen LogP contribution is -2.40. The van der Waals surface area contributed by atoms with Crippen LogP contribution in [0.25, 0.3) is 0 Å². The number of aliphatic carboxylic acids is 1. The molecule has 2 amide bonds.